The third-order valence-electron chi connectivity index (χ3n) is 3.98. The van der Waals surface area contributed by atoms with Crippen molar-refractivity contribution in [2.24, 2.45) is 0 Å². The van der Waals surface area contributed by atoms with Crippen LogP contribution in [0.3, 0.4) is 0 Å². The van der Waals surface area contributed by atoms with Crippen molar-refractivity contribution >= 4 is 54.8 Å². The molecule has 152 valence electrons. The number of rotatable bonds is 8. The maximum atomic E-state index is 12.8. The Morgan fingerprint density at radius 2 is 2.03 bits per heavy atom. The molecule has 0 saturated heterocycles. The number of hydrogen-bond donors (Lipinski definition) is 1. The number of carbonyl (C=O) groups excluding carboxylic acids is 1. The maximum absolute atomic E-state index is 12.8. The Kier molecular flexibility index (Phi) is 6.25. The fourth-order valence-corrected chi connectivity index (χ4v) is 5.04. The van der Waals surface area contributed by atoms with E-state index >= 15 is 0 Å². The van der Waals surface area contributed by atoms with Crippen molar-refractivity contribution in [1.82, 2.24) is 9.55 Å². The van der Waals surface area contributed by atoms with Crippen molar-refractivity contribution in [3.05, 3.63) is 64.3 Å². The minimum atomic E-state index is -3.38. The Hall–Kier alpha value is -2.43. The van der Waals surface area contributed by atoms with E-state index in [4.69, 9.17) is 0 Å². The first-order valence-electron chi connectivity index (χ1n) is 8.57. The molecule has 0 aliphatic heterocycles. The van der Waals surface area contributed by atoms with Gasteiger partial charge in [-0.25, -0.2) is 13.4 Å². The minimum absolute atomic E-state index is 0.147. The highest BCUT2D eigenvalue weighted by Gasteiger charge is 2.21. The number of aromatic nitrogens is 2. The summed E-state index contributed by atoms with van der Waals surface area (Å²) in [6.45, 7) is 5.74. The van der Waals surface area contributed by atoms with Gasteiger partial charge in [-0.1, -0.05) is 17.8 Å². The van der Waals surface area contributed by atoms with Gasteiger partial charge in [0.05, 0.1) is 16.9 Å². The van der Waals surface area contributed by atoms with Crippen molar-refractivity contribution in [3.8, 4) is 0 Å². The van der Waals surface area contributed by atoms with Gasteiger partial charge in [-0.2, -0.15) is 0 Å². The number of carbonyl (C=O) groups is 1. The van der Waals surface area contributed by atoms with E-state index in [9.17, 15) is 18.0 Å². The molecule has 0 bridgehead atoms. The van der Waals surface area contributed by atoms with Crippen LogP contribution in [-0.2, 0) is 16.6 Å². The summed E-state index contributed by atoms with van der Waals surface area (Å²) in [4.78, 5) is 30.7. The van der Waals surface area contributed by atoms with E-state index in [1.54, 1.807) is 31.2 Å². The zero-order chi connectivity index (χ0) is 21.2. The number of thioether (sulfide) groups is 1. The van der Waals surface area contributed by atoms with Crippen LogP contribution in [0.1, 0.15) is 17.3 Å². The summed E-state index contributed by atoms with van der Waals surface area (Å²) < 4.78 is 26.5. The van der Waals surface area contributed by atoms with Gasteiger partial charge in [0, 0.05) is 17.8 Å². The van der Waals surface area contributed by atoms with Gasteiger partial charge in [-0.05, 0) is 42.6 Å². The van der Waals surface area contributed by atoms with Gasteiger partial charge in [0.15, 0.2) is 10.9 Å². The molecule has 3 rings (SSSR count). The number of benzene rings is 1. The number of anilines is 1. The third kappa shape index (κ3) is 4.95. The van der Waals surface area contributed by atoms with Crippen LogP contribution < -0.4 is 10.3 Å². The van der Waals surface area contributed by atoms with Gasteiger partial charge >= 0.3 is 0 Å². The highest BCUT2D eigenvalue weighted by molar-refractivity contribution is 8.00. The molecule has 2 aromatic heterocycles. The Morgan fingerprint density at radius 1 is 1.34 bits per heavy atom. The number of allylic oxidation sites excluding steroid dienone is 1. The second-order valence-corrected chi connectivity index (χ2v) is 10.3. The quantitative estimate of drug-likeness (QED) is 0.245. The predicted molar refractivity (Wildman–Crippen MR) is 119 cm³/mol. The Morgan fingerprint density at radius 3 is 2.66 bits per heavy atom. The molecule has 0 amide bonds. The maximum Gasteiger partial charge on any atom is 0.263 e. The van der Waals surface area contributed by atoms with E-state index in [0.29, 0.717) is 33.2 Å². The SMILES string of the molecule is C=CCn1c(SC(C)C(=O)c2ccc(NS(C)(=O)=O)cc2)nc2sccc2c1=O. The molecule has 1 atom stereocenters. The van der Waals surface area contributed by atoms with Gasteiger partial charge in [-0.3, -0.25) is 18.9 Å². The van der Waals surface area contributed by atoms with Crippen LogP contribution in [0.4, 0.5) is 5.69 Å². The van der Waals surface area contributed by atoms with Crippen LogP contribution in [0, 0.1) is 0 Å². The summed E-state index contributed by atoms with van der Waals surface area (Å²) >= 11 is 2.59. The summed E-state index contributed by atoms with van der Waals surface area (Å²) in [5.74, 6) is -0.147. The van der Waals surface area contributed by atoms with E-state index < -0.39 is 15.3 Å². The van der Waals surface area contributed by atoms with Crippen molar-refractivity contribution in [1.29, 1.82) is 0 Å². The number of nitrogens with one attached hydrogen (secondary N) is 1. The van der Waals surface area contributed by atoms with E-state index in [1.807, 2.05) is 5.38 Å². The number of fused-ring (bicyclic) bond motifs is 1. The number of ketones is 1. The Bertz CT molecular complexity index is 1230. The van der Waals surface area contributed by atoms with Gasteiger partial charge < -0.3 is 0 Å². The number of thiophene rings is 1. The molecule has 1 aromatic carbocycles. The Balaban J connectivity index is 1.85. The van der Waals surface area contributed by atoms with Crippen LogP contribution in [0.5, 0.6) is 0 Å². The number of sulfonamides is 1. The van der Waals surface area contributed by atoms with Crippen LogP contribution in [-0.4, -0.2) is 35.3 Å². The van der Waals surface area contributed by atoms with Crippen LogP contribution in [0.2, 0.25) is 0 Å². The van der Waals surface area contributed by atoms with E-state index in [1.165, 1.54) is 39.8 Å². The first-order valence-corrected chi connectivity index (χ1v) is 12.2. The van der Waals surface area contributed by atoms with Gasteiger partial charge in [0.25, 0.3) is 5.56 Å². The average Bonchev–Trinajstić information content (AvgIpc) is 3.12. The largest absolute Gasteiger partial charge is 0.293 e. The van der Waals surface area contributed by atoms with Crippen LogP contribution >= 0.6 is 23.1 Å². The molecule has 0 aliphatic rings. The summed E-state index contributed by atoms with van der Waals surface area (Å²) in [6.07, 6.45) is 2.68. The van der Waals surface area contributed by atoms with Crippen molar-refractivity contribution in [3.63, 3.8) is 0 Å². The molecule has 29 heavy (non-hydrogen) atoms. The predicted octanol–water partition coefficient (Wildman–Crippen LogP) is 3.38. The molecule has 0 radical (unpaired) electrons. The zero-order valence-corrected chi connectivity index (χ0v) is 18.2. The van der Waals surface area contributed by atoms with Crippen molar-refractivity contribution in [2.45, 2.75) is 23.9 Å². The molecule has 3 aromatic rings. The molecule has 0 aliphatic carbocycles. The highest BCUT2D eigenvalue weighted by Crippen LogP contribution is 2.27. The van der Waals surface area contributed by atoms with E-state index in [-0.39, 0.29) is 11.3 Å². The lowest BCUT2D eigenvalue weighted by atomic mass is 10.1. The van der Waals surface area contributed by atoms with E-state index in [0.717, 1.165) is 6.26 Å². The number of hydrogen-bond acceptors (Lipinski definition) is 7. The zero-order valence-electron chi connectivity index (χ0n) is 15.8. The Labute approximate surface area is 176 Å². The fraction of sp³-hybridized carbons (Fsp3) is 0.211. The molecule has 7 nitrogen and oxygen atoms in total. The van der Waals surface area contributed by atoms with Crippen LogP contribution in [0.25, 0.3) is 10.2 Å². The second kappa shape index (κ2) is 8.52. The van der Waals surface area contributed by atoms with Gasteiger partial charge in [-0.15, -0.1) is 17.9 Å². The first-order chi connectivity index (χ1) is 13.7. The lowest BCUT2D eigenvalue weighted by molar-refractivity contribution is 0.0994. The van der Waals surface area contributed by atoms with E-state index in [2.05, 4.69) is 16.3 Å². The smallest absolute Gasteiger partial charge is 0.263 e. The number of Topliss-reactive ketones (excluding diaryl/α,β-unsaturated/α-hetero) is 1. The van der Waals surface area contributed by atoms with Gasteiger partial charge in [0.2, 0.25) is 10.0 Å². The molecular formula is C19H19N3O4S3. The molecular weight excluding hydrogens is 430 g/mol. The molecule has 0 fully saturated rings. The monoisotopic (exact) mass is 449 g/mol. The fourth-order valence-electron chi connectivity index (χ4n) is 2.67. The normalized spacial score (nSPS) is 12.6. The molecule has 2 heterocycles. The summed E-state index contributed by atoms with van der Waals surface area (Å²) in [6, 6.07) is 7.95. The topological polar surface area (TPSA) is 98.1 Å². The van der Waals surface area contributed by atoms with Crippen molar-refractivity contribution in [2.75, 3.05) is 11.0 Å². The third-order valence-corrected chi connectivity index (χ3v) is 6.49. The molecule has 10 heteroatoms. The van der Waals surface area contributed by atoms with Gasteiger partial charge in [0.1, 0.15) is 4.83 Å². The molecule has 0 spiro atoms. The molecule has 1 unspecified atom stereocenters. The average molecular weight is 450 g/mol. The van der Waals surface area contributed by atoms with Crippen LogP contribution in [0.15, 0.2) is 58.3 Å². The second-order valence-electron chi connectivity index (χ2n) is 6.31. The molecule has 0 saturated carbocycles. The lowest BCUT2D eigenvalue weighted by Gasteiger charge is -2.14. The lowest BCUT2D eigenvalue weighted by Crippen LogP contribution is -2.24. The molecule has 1 N–H and O–H groups in total. The summed E-state index contributed by atoms with van der Waals surface area (Å²) in [7, 11) is -3.38. The minimum Gasteiger partial charge on any atom is -0.293 e. The van der Waals surface area contributed by atoms with Crippen molar-refractivity contribution < 1.29 is 13.2 Å². The summed E-state index contributed by atoms with van der Waals surface area (Å²) in [5, 5.41) is 2.33. The standard InChI is InChI=1S/C19H19N3O4S3/c1-4-10-22-18(24)15-9-11-27-17(15)20-19(22)28-12(2)16(23)13-5-7-14(8-6-13)21-29(3,25)26/h4-9,11-12,21H,1,10H2,2-3H3. The highest BCUT2D eigenvalue weighted by atomic mass is 32.2. The first kappa shape index (κ1) is 21.3. The number of nitrogens with zero attached hydrogens (tertiary/aromatic N) is 2. The summed E-state index contributed by atoms with van der Waals surface area (Å²) in [5.41, 5.74) is 0.669.